The van der Waals surface area contributed by atoms with E-state index in [-0.39, 0.29) is 12.2 Å². The Bertz CT molecular complexity index is 1450. The molecule has 1 atom stereocenters. The summed E-state index contributed by atoms with van der Waals surface area (Å²) in [5, 5.41) is 10.8. The van der Waals surface area contributed by atoms with Crippen LogP contribution in [-0.4, -0.2) is 28.4 Å². The van der Waals surface area contributed by atoms with Gasteiger partial charge in [-0.05, 0) is 61.4 Å². The summed E-state index contributed by atoms with van der Waals surface area (Å²) < 4.78 is 11.5. The van der Waals surface area contributed by atoms with Gasteiger partial charge in [-0.3, -0.25) is 14.6 Å². The highest BCUT2D eigenvalue weighted by Crippen LogP contribution is 2.41. The Hall–Kier alpha value is -3.90. The molecule has 35 heavy (non-hydrogen) atoms. The third-order valence-electron chi connectivity index (χ3n) is 6.15. The standard InChI is InChI=1S/C28H22ClNO5/c1-16-12-18-4-2-3-5-23(18)30-24(16)14-25(31)17-6-8-19(9-7-17)35-27-15-26-21(13-22(27)29)20(28(32)33)10-11-34-26/h2-9,12-13,15,20H,10-11,14H2,1H3,(H,32,33). The number of aromatic nitrogens is 1. The fraction of sp³-hybridized carbons (Fsp3) is 0.179. The maximum absolute atomic E-state index is 12.9. The molecule has 0 amide bonds. The number of nitrogens with zero attached hydrogens (tertiary/aromatic N) is 1. The van der Waals surface area contributed by atoms with Gasteiger partial charge in [0, 0.05) is 22.6 Å². The minimum Gasteiger partial charge on any atom is -0.493 e. The molecule has 7 heteroatoms. The van der Waals surface area contributed by atoms with Crippen LogP contribution in [0.5, 0.6) is 17.2 Å². The lowest BCUT2D eigenvalue weighted by Gasteiger charge is -2.24. The summed E-state index contributed by atoms with van der Waals surface area (Å²) in [6.45, 7) is 2.27. The number of fused-ring (bicyclic) bond motifs is 2. The first-order valence-electron chi connectivity index (χ1n) is 11.2. The third kappa shape index (κ3) is 4.70. The molecule has 0 fully saturated rings. The number of rotatable bonds is 6. The number of hydrogen-bond acceptors (Lipinski definition) is 5. The van der Waals surface area contributed by atoms with Crippen molar-refractivity contribution in [2.75, 3.05) is 6.61 Å². The van der Waals surface area contributed by atoms with Gasteiger partial charge < -0.3 is 14.6 Å². The van der Waals surface area contributed by atoms with Crippen LogP contribution in [0.1, 0.15) is 39.5 Å². The third-order valence-corrected chi connectivity index (χ3v) is 6.45. The Balaban J connectivity index is 1.32. The second-order valence-electron chi connectivity index (χ2n) is 8.52. The van der Waals surface area contributed by atoms with Gasteiger partial charge in [0.2, 0.25) is 0 Å². The Labute approximate surface area is 207 Å². The van der Waals surface area contributed by atoms with Crippen molar-refractivity contribution in [1.82, 2.24) is 4.98 Å². The number of ether oxygens (including phenoxy) is 2. The Kier molecular flexibility index (Phi) is 6.14. The average Bonchev–Trinajstić information content (AvgIpc) is 2.85. The van der Waals surface area contributed by atoms with Gasteiger partial charge in [-0.25, -0.2) is 0 Å². The van der Waals surface area contributed by atoms with E-state index in [0.29, 0.717) is 46.4 Å². The number of hydrogen-bond donors (Lipinski definition) is 1. The lowest BCUT2D eigenvalue weighted by molar-refractivity contribution is -0.139. The van der Waals surface area contributed by atoms with E-state index in [4.69, 9.17) is 21.1 Å². The first-order valence-corrected chi connectivity index (χ1v) is 11.6. The number of aliphatic carboxylic acids is 1. The molecule has 1 aromatic heterocycles. The van der Waals surface area contributed by atoms with Crippen LogP contribution in [-0.2, 0) is 11.2 Å². The number of carboxylic acids is 1. The van der Waals surface area contributed by atoms with Crippen molar-refractivity contribution in [1.29, 1.82) is 0 Å². The summed E-state index contributed by atoms with van der Waals surface area (Å²) in [6.07, 6.45) is 0.595. The maximum atomic E-state index is 12.9. The summed E-state index contributed by atoms with van der Waals surface area (Å²) >= 11 is 6.37. The van der Waals surface area contributed by atoms with Crippen molar-refractivity contribution in [2.24, 2.45) is 0 Å². The molecule has 3 aromatic carbocycles. The lowest BCUT2D eigenvalue weighted by atomic mass is 9.93. The zero-order valence-electron chi connectivity index (χ0n) is 19.0. The van der Waals surface area contributed by atoms with Gasteiger partial charge >= 0.3 is 5.97 Å². The summed E-state index contributed by atoms with van der Waals surface area (Å²) in [6, 6.07) is 19.9. The van der Waals surface area contributed by atoms with Crippen molar-refractivity contribution in [3.8, 4) is 17.2 Å². The highest BCUT2D eigenvalue weighted by molar-refractivity contribution is 6.32. The number of benzene rings is 3. The van der Waals surface area contributed by atoms with E-state index < -0.39 is 11.9 Å². The first-order chi connectivity index (χ1) is 16.9. The second-order valence-corrected chi connectivity index (χ2v) is 8.93. The van der Waals surface area contributed by atoms with E-state index in [9.17, 15) is 14.7 Å². The Morgan fingerprint density at radius 2 is 1.89 bits per heavy atom. The second kappa shape index (κ2) is 9.39. The van der Waals surface area contributed by atoms with Crippen LogP contribution in [0.15, 0.2) is 66.7 Å². The largest absolute Gasteiger partial charge is 0.493 e. The zero-order valence-corrected chi connectivity index (χ0v) is 19.7. The average molecular weight is 488 g/mol. The molecule has 6 nitrogen and oxygen atoms in total. The smallest absolute Gasteiger partial charge is 0.311 e. The molecule has 0 aliphatic carbocycles. The van der Waals surface area contributed by atoms with E-state index in [0.717, 1.165) is 22.2 Å². The predicted octanol–water partition coefficient (Wildman–Crippen LogP) is 6.37. The molecule has 0 bridgehead atoms. The van der Waals surface area contributed by atoms with Crippen LogP contribution in [0.2, 0.25) is 5.02 Å². The van der Waals surface area contributed by atoms with Crippen LogP contribution in [0.3, 0.4) is 0 Å². The van der Waals surface area contributed by atoms with Crippen LogP contribution in [0.25, 0.3) is 10.9 Å². The minimum absolute atomic E-state index is 0.0395. The summed E-state index contributed by atoms with van der Waals surface area (Å²) in [5.74, 6) is -0.305. The van der Waals surface area contributed by atoms with Crippen molar-refractivity contribution in [3.63, 3.8) is 0 Å². The Morgan fingerprint density at radius 1 is 1.11 bits per heavy atom. The van der Waals surface area contributed by atoms with Gasteiger partial charge in [0.25, 0.3) is 0 Å². The molecule has 1 unspecified atom stereocenters. The molecule has 0 saturated heterocycles. The molecular formula is C28H22ClNO5. The molecule has 176 valence electrons. The van der Waals surface area contributed by atoms with Crippen LogP contribution >= 0.6 is 11.6 Å². The van der Waals surface area contributed by atoms with Gasteiger partial charge in [-0.2, -0.15) is 0 Å². The highest BCUT2D eigenvalue weighted by Gasteiger charge is 2.29. The first kappa shape index (κ1) is 22.9. The van der Waals surface area contributed by atoms with Gasteiger partial charge in [0.15, 0.2) is 5.78 Å². The van der Waals surface area contributed by atoms with Crippen molar-refractivity contribution in [2.45, 2.75) is 25.7 Å². The maximum Gasteiger partial charge on any atom is 0.311 e. The zero-order chi connectivity index (χ0) is 24.5. The molecule has 1 N–H and O–H groups in total. The number of halogens is 1. The lowest BCUT2D eigenvalue weighted by Crippen LogP contribution is -2.20. The summed E-state index contributed by atoms with van der Waals surface area (Å²) in [4.78, 5) is 29.1. The fourth-order valence-corrected chi connectivity index (χ4v) is 4.47. The number of para-hydroxylation sites is 1. The quantitative estimate of drug-likeness (QED) is 0.318. The fourth-order valence-electron chi connectivity index (χ4n) is 4.25. The van der Waals surface area contributed by atoms with E-state index in [1.165, 1.54) is 0 Å². The molecule has 1 aliphatic rings. The molecule has 2 heterocycles. The molecule has 5 rings (SSSR count). The van der Waals surface area contributed by atoms with Crippen LogP contribution in [0, 0.1) is 6.92 Å². The highest BCUT2D eigenvalue weighted by atomic mass is 35.5. The van der Waals surface area contributed by atoms with Gasteiger partial charge in [0.1, 0.15) is 17.2 Å². The topological polar surface area (TPSA) is 85.7 Å². The SMILES string of the molecule is Cc1cc2ccccc2nc1CC(=O)c1ccc(Oc2cc3c(cc2Cl)C(C(=O)O)CCO3)cc1. The number of pyridine rings is 1. The Morgan fingerprint density at radius 3 is 2.66 bits per heavy atom. The number of ketones is 1. The predicted molar refractivity (Wildman–Crippen MR) is 133 cm³/mol. The summed E-state index contributed by atoms with van der Waals surface area (Å²) in [7, 11) is 0. The van der Waals surface area contributed by atoms with Crippen molar-refractivity contribution >= 4 is 34.3 Å². The van der Waals surface area contributed by atoms with E-state index in [1.54, 1.807) is 36.4 Å². The molecule has 0 saturated carbocycles. The minimum atomic E-state index is -0.909. The van der Waals surface area contributed by atoms with Crippen LogP contribution < -0.4 is 9.47 Å². The monoisotopic (exact) mass is 487 g/mol. The normalized spacial score (nSPS) is 14.7. The molecule has 0 spiro atoms. The molecule has 1 aliphatic heterocycles. The molecular weight excluding hydrogens is 466 g/mol. The van der Waals surface area contributed by atoms with Gasteiger partial charge in [0.05, 0.1) is 35.2 Å². The molecule has 0 radical (unpaired) electrons. The number of aryl methyl sites for hydroxylation is 1. The van der Waals surface area contributed by atoms with E-state index >= 15 is 0 Å². The number of carbonyl (C=O) groups excluding carboxylic acids is 1. The number of carbonyl (C=O) groups is 2. The van der Waals surface area contributed by atoms with Crippen LogP contribution in [0.4, 0.5) is 0 Å². The summed E-state index contributed by atoms with van der Waals surface area (Å²) in [5.41, 5.74) is 3.70. The van der Waals surface area contributed by atoms with Crippen molar-refractivity contribution < 1.29 is 24.2 Å². The number of Topliss-reactive ketones (excluding diaryl/α,β-unsaturated/α-hetero) is 1. The van der Waals surface area contributed by atoms with Gasteiger partial charge in [-0.15, -0.1) is 0 Å². The van der Waals surface area contributed by atoms with E-state index in [1.807, 2.05) is 37.3 Å². The van der Waals surface area contributed by atoms with Crippen molar-refractivity contribution in [3.05, 3.63) is 94.1 Å². The van der Waals surface area contributed by atoms with E-state index in [2.05, 4.69) is 4.98 Å². The number of carboxylic acid groups (broad SMARTS) is 1. The molecule has 4 aromatic rings. The van der Waals surface area contributed by atoms with Gasteiger partial charge in [-0.1, -0.05) is 29.8 Å².